The summed E-state index contributed by atoms with van der Waals surface area (Å²) in [5.74, 6) is 0.483. The van der Waals surface area contributed by atoms with Crippen LogP contribution in [0.3, 0.4) is 0 Å². The highest BCUT2D eigenvalue weighted by Gasteiger charge is 2.31. The van der Waals surface area contributed by atoms with Crippen LogP contribution >= 0.6 is 15.9 Å². The number of amides is 1. The van der Waals surface area contributed by atoms with Crippen LogP contribution in [0, 0.1) is 12.8 Å². The van der Waals surface area contributed by atoms with Crippen LogP contribution in [0.15, 0.2) is 15.2 Å². The van der Waals surface area contributed by atoms with Crippen molar-refractivity contribution in [1.29, 1.82) is 0 Å². The molecule has 2 atom stereocenters. The monoisotopic (exact) mass is 301 g/mol. The summed E-state index contributed by atoms with van der Waals surface area (Å²) < 4.78 is 5.92. The molecule has 0 saturated carbocycles. The van der Waals surface area contributed by atoms with Gasteiger partial charge in [0, 0.05) is 24.6 Å². The molecule has 2 rings (SSSR count). The Morgan fingerprint density at radius 1 is 1.71 bits per heavy atom. The highest BCUT2D eigenvalue weighted by molar-refractivity contribution is 9.10. The minimum atomic E-state index is -0.364. The fourth-order valence-corrected chi connectivity index (χ4v) is 2.67. The Kier molecular flexibility index (Phi) is 3.58. The average Bonchev–Trinajstić information content (AvgIpc) is 2.84. The maximum absolute atomic E-state index is 12.2. The zero-order valence-corrected chi connectivity index (χ0v) is 11.5. The number of rotatable bonds is 2. The molecule has 17 heavy (non-hydrogen) atoms. The first-order valence-electron chi connectivity index (χ1n) is 5.72. The minimum absolute atomic E-state index is 0.0867. The Morgan fingerprint density at radius 2 is 2.41 bits per heavy atom. The SMILES string of the molecule is Cc1cc(Br)oc1C(=O)N1CCC(C(C)O)C1. The van der Waals surface area contributed by atoms with E-state index in [2.05, 4.69) is 15.9 Å². The fraction of sp³-hybridized carbons (Fsp3) is 0.583. The normalized spacial score (nSPS) is 21.9. The van der Waals surface area contributed by atoms with Gasteiger partial charge in [0.25, 0.3) is 5.91 Å². The smallest absolute Gasteiger partial charge is 0.289 e. The average molecular weight is 302 g/mol. The van der Waals surface area contributed by atoms with E-state index in [4.69, 9.17) is 4.42 Å². The molecule has 0 aromatic carbocycles. The quantitative estimate of drug-likeness (QED) is 0.911. The van der Waals surface area contributed by atoms with Gasteiger partial charge in [0.15, 0.2) is 10.4 Å². The molecule has 1 aliphatic heterocycles. The standard InChI is InChI=1S/C12H16BrNO3/c1-7-5-10(13)17-11(7)12(16)14-4-3-9(6-14)8(2)15/h5,8-9,15H,3-4,6H2,1-2H3. The van der Waals surface area contributed by atoms with Crippen molar-refractivity contribution in [2.75, 3.05) is 13.1 Å². The van der Waals surface area contributed by atoms with E-state index in [1.165, 1.54) is 0 Å². The van der Waals surface area contributed by atoms with Crippen molar-refractivity contribution in [1.82, 2.24) is 4.90 Å². The molecule has 1 aromatic rings. The van der Waals surface area contributed by atoms with E-state index in [1.807, 2.05) is 6.92 Å². The van der Waals surface area contributed by atoms with E-state index in [0.29, 0.717) is 23.5 Å². The van der Waals surface area contributed by atoms with Crippen molar-refractivity contribution in [2.45, 2.75) is 26.4 Å². The molecular formula is C12H16BrNO3. The van der Waals surface area contributed by atoms with Crippen LogP contribution in [0.5, 0.6) is 0 Å². The van der Waals surface area contributed by atoms with Gasteiger partial charge >= 0.3 is 0 Å². The van der Waals surface area contributed by atoms with Crippen LogP contribution in [0.25, 0.3) is 0 Å². The molecule has 94 valence electrons. The lowest BCUT2D eigenvalue weighted by Gasteiger charge is -2.16. The van der Waals surface area contributed by atoms with Crippen molar-refractivity contribution in [3.05, 3.63) is 22.1 Å². The van der Waals surface area contributed by atoms with Crippen LogP contribution in [-0.4, -0.2) is 35.1 Å². The Hall–Kier alpha value is -0.810. The summed E-state index contributed by atoms with van der Waals surface area (Å²) >= 11 is 3.22. The van der Waals surface area contributed by atoms with E-state index < -0.39 is 0 Å². The summed E-state index contributed by atoms with van der Waals surface area (Å²) in [6.07, 6.45) is 0.488. The van der Waals surface area contributed by atoms with Gasteiger partial charge in [-0.05, 0) is 42.3 Å². The molecule has 2 heterocycles. The van der Waals surface area contributed by atoms with Crippen molar-refractivity contribution < 1.29 is 14.3 Å². The van der Waals surface area contributed by atoms with Crippen LogP contribution in [0.2, 0.25) is 0 Å². The molecule has 2 unspecified atom stereocenters. The number of aliphatic hydroxyl groups is 1. The van der Waals surface area contributed by atoms with Crippen LogP contribution in [0.1, 0.15) is 29.5 Å². The Bertz CT molecular complexity index is 427. The lowest BCUT2D eigenvalue weighted by molar-refractivity contribution is 0.0729. The second-order valence-corrected chi connectivity index (χ2v) is 5.38. The van der Waals surface area contributed by atoms with Gasteiger partial charge in [0.05, 0.1) is 6.10 Å². The largest absolute Gasteiger partial charge is 0.444 e. The number of nitrogens with zero attached hydrogens (tertiary/aromatic N) is 1. The number of hydrogen-bond donors (Lipinski definition) is 1. The van der Waals surface area contributed by atoms with Gasteiger partial charge in [0.2, 0.25) is 0 Å². The minimum Gasteiger partial charge on any atom is -0.444 e. The molecule has 1 N–H and O–H groups in total. The third-order valence-electron chi connectivity index (χ3n) is 3.28. The van der Waals surface area contributed by atoms with Crippen molar-refractivity contribution in [2.24, 2.45) is 5.92 Å². The second kappa shape index (κ2) is 4.82. The van der Waals surface area contributed by atoms with E-state index in [1.54, 1.807) is 17.9 Å². The zero-order chi connectivity index (χ0) is 12.6. The molecule has 0 spiro atoms. The predicted molar refractivity (Wildman–Crippen MR) is 66.8 cm³/mol. The first kappa shape index (κ1) is 12.6. The summed E-state index contributed by atoms with van der Waals surface area (Å²) in [7, 11) is 0. The molecule has 1 aliphatic rings. The zero-order valence-electron chi connectivity index (χ0n) is 9.94. The molecule has 0 radical (unpaired) electrons. The maximum Gasteiger partial charge on any atom is 0.289 e. The lowest BCUT2D eigenvalue weighted by atomic mass is 10.0. The molecule has 4 nitrogen and oxygen atoms in total. The number of furan rings is 1. The molecule has 1 fully saturated rings. The van der Waals surface area contributed by atoms with E-state index in [-0.39, 0.29) is 17.9 Å². The fourth-order valence-electron chi connectivity index (χ4n) is 2.16. The second-order valence-electron chi connectivity index (χ2n) is 4.60. The van der Waals surface area contributed by atoms with Crippen molar-refractivity contribution in [3.8, 4) is 0 Å². The van der Waals surface area contributed by atoms with Gasteiger partial charge in [-0.1, -0.05) is 0 Å². The Labute approximate surface area is 109 Å². The number of halogens is 1. The number of hydrogen-bond acceptors (Lipinski definition) is 3. The molecule has 1 amide bonds. The van der Waals surface area contributed by atoms with Gasteiger partial charge < -0.3 is 14.4 Å². The van der Waals surface area contributed by atoms with Crippen LogP contribution in [0.4, 0.5) is 0 Å². The maximum atomic E-state index is 12.2. The van der Waals surface area contributed by atoms with Crippen LogP contribution < -0.4 is 0 Å². The summed E-state index contributed by atoms with van der Waals surface area (Å²) in [6, 6.07) is 1.79. The van der Waals surface area contributed by atoms with Crippen LogP contribution in [-0.2, 0) is 0 Å². The van der Waals surface area contributed by atoms with E-state index in [9.17, 15) is 9.90 Å². The van der Waals surface area contributed by atoms with Gasteiger partial charge in [-0.2, -0.15) is 0 Å². The Balaban J connectivity index is 2.09. The molecule has 0 aliphatic carbocycles. The summed E-state index contributed by atoms with van der Waals surface area (Å²) in [6.45, 7) is 4.91. The Morgan fingerprint density at radius 3 is 2.88 bits per heavy atom. The van der Waals surface area contributed by atoms with Gasteiger partial charge in [-0.3, -0.25) is 4.79 Å². The van der Waals surface area contributed by atoms with Crippen molar-refractivity contribution in [3.63, 3.8) is 0 Å². The summed E-state index contributed by atoms with van der Waals surface area (Å²) in [4.78, 5) is 13.9. The molecule has 5 heteroatoms. The van der Waals surface area contributed by atoms with E-state index >= 15 is 0 Å². The van der Waals surface area contributed by atoms with Gasteiger partial charge in [-0.25, -0.2) is 0 Å². The number of aryl methyl sites for hydroxylation is 1. The summed E-state index contributed by atoms with van der Waals surface area (Å²) in [5, 5.41) is 9.51. The van der Waals surface area contributed by atoms with Gasteiger partial charge in [-0.15, -0.1) is 0 Å². The topological polar surface area (TPSA) is 53.7 Å². The number of aliphatic hydroxyl groups excluding tert-OH is 1. The number of carbonyl (C=O) groups excluding carboxylic acids is 1. The molecular weight excluding hydrogens is 286 g/mol. The number of carbonyl (C=O) groups is 1. The molecule has 1 aromatic heterocycles. The van der Waals surface area contributed by atoms with E-state index in [0.717, 1.165) is 12.0 Å². The lowest BCUT2D eigenvalue weighted by Crippen LogP contribution is -2.30. The van der Waals surface area contributed by atoms with Gasteiger partial charge in [0.1, 0.15) is 0 Å². The van der Waals surface area contributed by atoms with Crippen molar-refractivity contribution >= 4 is 21.8 Å². The predicted octanol–water partition coefficient (Wildman–Crippen LogP) is 2.19. The molecule has 0 bridgehead atoms. The third-order valence-corrected chi connectivity index (χ3v) is 3.67. The first-order chi connectivity index (χ1) is 7.99. The highest BCUT2D eigenvalue weighted by Crippen LogP contribution is 2.25. The third kappa shape index (κ3) is 2.55. The summed E-state index contributed by atoms with van der Waals surface area (Å²) in [5.41, 5.74) is 0.836. The highest BCUT2D eigenvalue weighted by atomic mass is 79.9. The first-order valence-corrected chi connectivity index (χ1v) is 6.51. The molecule has 1 saturated heterocycles. The number of likely N-dealkylation sites (tertiary alicyclic amines) is 1.